The topological polar surface area (TPSA) is 20.3 Å². The Morgan fingerprint density at radius 3 is 2.44 bits per heavy atom. The van der Waals surface area contributed by atoms with Crippen LogP contribution in [0.3, 0.4) is 0 Å². The molecule has 0 saturated carbocycles. The van der Waals surface area contributed by atoms with Crippen LogP contribution in [0.5, 0.6) is 0 Å². The summed E-state index contributed by atoms with van der Waals surface area (Å²) < 4.78 is 0. The van der Waals surface area contributed by atoms with Gasteiger partial charge in [-0.2, -0.15) is 0 Å². The van der Waals surface area contributed by atoms with E-state index in [0.29, 0.717) is 12.2 Å². The van der Waals surface area contributed by atoms with Crippen LogP contribution in [0, 0.1) is 6.92 Å². The van der Waals surface area contributed by atoms with Crippen LogP contribution in [0.1, 0.15) is 37.8 Å². The van der Waals surface area contributed by atoms with E-state index in [0.717, 1.165) is 18.7 Å². The predicted octanol–water partition coefficient (Wildman–Crippen LogP) is 2.98. The first-order valence-corrected chi connectivity index (χ1v) is 6.84. The average molecular weight is 245 g/mol. The molecule has 0 bridgehead atoms. The quantitative estimate of drug-likeness (QED) is 0.813. The van der Waals surface area contributed by atoms with Crippen LogP contribution in [-0.2, 0) is 11.2 Å². The van der Waals surface area contributed by atoms with Crippen molar-refractivity contribution in [3.8, 4) is 0 Å². The van der Waals surface area contributed by atoms with E-state index >= 15 is 0 Å². The van der Waals surface area contributed by atoms with Crippen molar-refractivity contribution in [2.75, 3.05) is 13.1 Å². The Hall–Kier alpha value is -1.15. The van der Waals surface area contributed by atoms with E-state index in [4.69, 9.17) is 0 Å². The molecule has 1 aliphatic heterocycles. The summed E-state index contributed by atoms with van der Waals surface area (Å²) in [7, 11) is 0. The van der Waals surface area contributed by atoms with Crippen LogP contribution < -0.4 is 0 Å². The smallest absolute Gasteiger partial charge is 0.156 e. The molecule has 2 rings (SSSR count). The highest BCUT2D eigenvalue weighted by Crippen LogP contribution is 2.23. The second-order valence-electron chi connectivity index (χ2n) is 5.78. The molecule has 2 nitrogen and oxygen atoms in total. The van der Waals surface area contributed by atoms with Crippen molar-refractivity contribution in [1.82, 2.24) is 4.90 Å². The van der Waals surface area contributed by atoms with Crippen LogP contribution in [0.15, 0.2) is 24.3 Å². The molecule has 0 unspecified atom stereocenters. The fourth-order valence-corrected chi connectivity index (χ4v) is 2.65. The standard InChI is InChI=1S/C16H23NO/c1-13-8-4-5-9-14(13)12-15(18)16(2,3)17-10-6-7-11-17/h4-5,8-9H,6-7,10-12H2,1-3H3. The zero-order valence-corrected chi connectivity index (χ0v) is 11.7. The van der Waals surface area contributed by atoms with Gasteiger partial charge in [0.1, 0.15) is 0 Å². The number of hydrogen-bond acceptors (Lipinski definition) is 2. The molecule has 98 valence electrons. The molecule has 0 spiro atoms. The summed E-state index contributed by atoms with van der Waals surface area (Å²) in [5.41, 5.74) is 2.05. The number of ketones is 1. The van der Waals surface area contributed by atoms with E-state index in [1.165, 1.54) is 18.4 Å². The van der Waals surface area contributed by atoms with E-state index in [2.05, 4.69) is 37.8 Å². The number of aryl methyl sites for hydroxylation is 1. The molecule has 0 N–H and O–H groups in total. The van der Waals surface area contributed by atoms with Gasteiger partial charge >= 0.3 is 0 Å². The van der Waals surface area contributed by atoms with Crippen LogP contribution in [0.2, 0.25) is 0 Å². The minimum atomic E-state index is -0.321. The van der Waals surface area contributed by atoms with Gasteiger partial charge in [0.2, 0.25) is 0 Å². The Morgan fingerprint density at radius 2 is 1.83 bits per heavy atom. The lowest BCUT2D eigenvalue weighted by molar-refractivity contribution is -0.128. The fourth-order valence-electron chi connectivity index (χ4n) is 2.65. The monoisotopic (exact) mass is 245 g/mol. The van der Waals surface area contributed by atoms with Gasteiger partial charge in [0.15, 0.2) is 5.78 Å². The van der Waals surface area contributed by atoms with Gasteiger partial charge in [0.25, 0.3) is 0 Å². The fraction of sp³-hybridized carbons (Fsp3) is 0.562. The number of rotatable bonds is 4. The highest BCUT2D eigenvalue weighted by Gasteiger charge is 2.35. The van der Waals surface area contributed by atoms with Crippen molar-refractivity contribution in [2.24, 2.45) is 0 Å². The summed E-state index contributed by atoms with van der Waals surface area (Å²) >= 11 is 0. The van der Waals surface area contributed by atoms with E-state index in [-0.39, 0.29) is 5.54 Å². The van der Waals surface area contributed by atoms with Gasteiger partial charge in [-0.25, -0.2) is 0 Å². The lowest BCUT2D eigenvalue weighted by Gasteiger charge is -2.34. The second kappa shape index (κ2) is 5.23. The molecule has 1 saturated heterocycles. The van der Waals surface area contributed by atoms with Crippen molar-refractivity contribution < 1.29 is 4.79 Å². The second-order valence-corrected chi connectivity index (χ2v) is 5.78. The van der Waals surface area contributed by atoms with Gasteiger partial charge in [-0.15, -0.1) is 0 Å². The van der Waals surface area contributed by atoms with Gasteiger partial charge < -0.3 is 0 Å². The lowest BCUT2D eigenvalue weighted by atomic mass is 9.90. The number of carbonyl (C=O) groups excluding carboxylic acids is 1. The van der Waals surface area contributed by atoms with Gasteiger partial charge in [0, 0.05) is 6.42 Å². The minimum absolute atomic E-state index is 0.321. The zero-order valence-electron chi connectivity index (χ0n) is 11.7. The summed E-state index contributed by atoms with van der Waals surface area (Å²) in [6.45, 7) is 8.34. The molecular weight excluding hydrogens is 222 g/mol. The predicted molar refractivity (Wildman–Crippen MR) is 74.8 cm³/mol. The van der Waals surface area contributed by atoms with Crippen LogP contribution in [0.25, 0.3) is 0 Å². The first-order valence-electron chi connectivity index (χ1n) is 6.84. The van der Waals surface area contributed by atoms with Crippen molar-refractivity contribution in [3.63, 3.8) is 0 Å². The van der Waals surface area contributed by atoms with Crippen molar-refractivity contribution in [3.05, 3.63) is 35.4 Å². The molecular formula is C16H23NO. The third-order valence-corrected chi connectivity index (χ3v) is 4.19. The maximum Gasteiger partial charge on any atom is 0.156 e. The number of benzene rings is 1. The molecule has 1 heterocycles. The number of nitrogens with zero attached hydrogens (tertiary/aromatic N) is 1. The first-order chi connectivity index (χ1) is 8.51. The number of hydrogen-bond donors (Lipinski definition) is 0. The maximum atomic E-state index is 12.5. The van der Waals surface area contributed by atoms with Crippen LogP contribution in [0.4, 0.5) is 0 Å². The summed E-state index contributed by atoms with van der Waals surface area (Å²) in [6.07, 6.45) is 3.00. The van der Waals surface area contributed by atoms with Gasteiger partial charge in [-0.1, -0.05) is 24.3 Å². The highest BCUT2D eigenvalue weighted by molar-refractivity contribution is 5.89. The van der Waals surface area contributed by atoms with Crippen LogP contribution >= 0.6 is 0 Å². The maximum absolute atomic E-state index is 12.5. The van der Waals surface area contributed by atoms with Gasteiger partial charge in [-0.3, -0.25) is 9.69 Å². The largest absolute Gasteiger partial charge is 0.297 e. The Bertz CT molecular complexity index is 430. The molecule has 1 aliphatic rings. The molecule has 0 aliphatic carbocycles. The number of likely N-dealkylation sites (tertiary alicyclic amines) is 1. The first kappa shape index (κ1) is 13.3. The molecule has 0 radical (unpaired) electrons. The van der Waals surface area contributed by atoms with E-state index in [1.54, 1.807) is 0 Å². The highest BCUT2D eigenvalue weighted by atomic mass is 16.1. The summed E-state index contributed by atoms with van der Waals surface area (Å²) in [5, 5.41) is 0. The average Bonchev–Trinajstić information content (AvgIpc) is 2.86. The third-order valence-electron chi connectivity index (χ3n) is 4.19. The zero-order chi connectivity index (χ0) is 13.2. The van der Waals surface area contributed by atoms with E-state index in [9.17, 15) is 4.79 Å². The lowest BCUT2D eigenvalue weighted by Crippen LogP contribution is -2.49. The third kappa shape index (κ3) is 2.64. The number of carbonyl (C=O) groups is 1. The molecule has 0 aromatic heterocycles. The molecule has 18 heavy (non-hydrogen) atoms. The number of Topliss-reactive ketones (excluding diaryl/α,β-unsaturated/α-hetero) is 1. The van der Waals surface area contributed by atoms with Crippen molar-refractivity contribution >= 4 is 5.78 Å². The summed E-state index contributed by atoms with van der Waals surface area (Å²) in [5.74, 6) is 0.332. The molecule has 2 heteroatoms. The molecule has 1 fully saturated rings. The Labute approximate surface area is 110 Å². The summed E-state index contributed by atoms with van der Waals surface area (Å²) in [4.78, 5) is 14.9. The van der Waals surface area contributed by atoms with Gasteiger partial charge in [0.05, 0.1) is 5.54 Å². The van der Waals surface area contributed by atoms with Crippen molar-refractivity contribution in [2.45, 2.75) is 45.6 Å². The molecule has 1 aromatic carbocycles. The summed E-state index contributed by atoms with van der Waals surface area (Å²) in [6, 6.07) is 8.17. The van der Waals surface area contributed by atoms with Crippen LogP contribution in [-0.4, -0.2) is 29.3 Å². The minimum Gasteiger partial charge on any atom is -0.297 e. The van der Waals surface area contributed by atoms with Crippen molar-refractivity contribution in [1.29, 1.82) is 0 Å². The molecule has 1 aromatic rings. The molecule has 0 amide bonds. The SMILES string of the molecule is Cc1ccccc1CC(=O)C(C)(C)N1CCCC1. The normalized spacial score (nSPS) is 17.1. The Balaban J connectivity index is 2.09. The molecule has 0 atom stereocenters. The Morgan fingerprint density at radius 1 is 1.22 bits per heavy atom. The van der Waals surface area contributed by atoms with Gasteiger partial charge in [-0.05, 0) is 57.8 Å². The Kier molecular flexibility index (Phi) is 3.86. The van der Waals surface area contributed by atoms with E-state index in [1.807, 2.05) is 12.1 Å². The van der Waals surface area contributed by atoms with E-state index < -0.39 is 0 Å².